The average molecular weight is 440 g/mol. The van der Waals surface area contributed by atoms with E-state index in [-0.39, 0.29) is 23.6 Å². The Morgan fingerprint density at radius 2 is 2.12 bits per heavy atom. The summed E-state index contributed by atoms with van der Waals surface area (Å²) in [6.45, 7) is -0.0838. The lowest BCUT2D eigenvalue weighted by Gasteiger charge is -2.04. The van der Waals surface area contributed by atoms with Crippen LogP contribution in [0.15, 0.2) is 50.9 Å². The van der Waals surface area contributed by atoms with Crippen LogP contribution in [0, 0.1) is 10.1 Å². The highest BCUT2D eigenvalue weighted by Crippen LogP contribution is 2.29. The number of halogens is 1. The monoisotopic (exact) mass is 439 g/mol. The van der Waals surface area contributed by atoms with Gasteiger partial charge in [0.25, 0.3) is 11.6 Å². The van der Waals surface area contributed by atoms with Crippen molar-refractivity contribution < 1.29 is 19.9 Å². The summed E-state index contributed by atoms with van der Waals surface area (Å²) in [5.41, 5.74) is 2.61. The number of thioether (sulfide) groups is 1. The molecular weight excluding hydrogens is 426 g/mol. The lowest BCUT2D eigenvalue weighted by Crippen LogP contribution is -2.17. The molecule has 0 aromatic heterocycles. The Balaban J connectivity index is 2.12. The Bertz CT molecular complexity index is 860. The number of carbonyl (C=O) groups excluding carboxylic acids is 1. The minimum atomic E-state index is -0.621. The second-order valence-electron chi connectivity index (χ2n) is 4.92. The highest BCUT2D eigenvalue weighted by Gasteiger charge is 2.15. The van der Waals surface area contributed by atoms with Crippen LogP contribution in [0.1, 0.15) is 15.9 Å². The van der Waals surface area contributed by atoms with Gasteiger partial charge in [-0.05, 0) is 24.3 Å². The zero-order chi connectivity index (χ0) is 19.1. The van der Waals surface area contributed by atoms with Crippen LogP contribution in [0.25, 0.3) is 0 Å². The van der Waals surface area contributed by atoms with E-state index in [9.17, 15) is 20.0 Å². The van der Waals surface area contributed by atoms with Crippen LogP contribution in [0.3, 0.4) is 0 Å². The Kier molecular flexibility index (Phi) is 7.13. The van der Waals surface area contributed by atoms with Gasteiger partial charge >= 0.3 is 0 Å². The first kappa shape index (κ1) is 19.9. The van der Waals surface area contributed by atoms with Crippen molar-refractivity contribution in [2.75, 3.05) is 12.4 Å². The van der Waals surface area contributed by atoms with Crippen molar-refractivity contribution in [2.45, 2.75) is 4.90 Å². The molecule has 2 rings (SSSR count). The van der Waals surface area contributed by atoms with Gasteiger partial charge in [-0.1, -0.05) is 22.0 Å². The van der Waals surface area contributed by atoms with E-state index in [4.69, 9.17) is 5.11 Å². The van der Waals surface area contributed by atoms with E-state index in [1.165, 1.54) is 36.2 Å². The highest BCUT2D eigenvalue weighted by molar-refractivity contribution is 9.10. The molecule has 0 saturated heterocycles. The number of phenols is 1. The van der Waals surface area contributed by atoms with Crippen LogP contribution in [0.5, 0.6) is 5.75 Å². The fourth-order valence-corrected chi connectivity index (χ4v) is 3.07. The molecule has 136 valence electrons. The quantitative estimate of drug-likeness (QED) is 0.263. The number of nitro groups is 1. The Morgan fingerprint density at radius 1 is 1.35 bits per heavy atom. The standard InChI is InChI=1S/C16H14BrN3O5S/c17-11-2-3-14(22)12(8-11)16(23)19-18-9-10-1-4-15(26-6-5-21)13(7-10)20(24)25/h1-4,7-9,21-22H,5-6H2,(H,19,23). The number of hydrazone groups is 1. The molecule has 0 bridgehead atoms. The summed E-state index contributed by atoms with van der Waals surface area (Å²) in [6, 6.07) is 8.89. The molecule has 0 aliphatic carbocycles. The molecule has 0 atom stereocenters. The number of nitro benzene ring substituents is 1. The SMILES string of the molecule is O=C(NN=Cc1ccc(SCCO)c([N+](=O)[O-])c1)c1cc(Br)ccc1O. The van der Waals surface area contributed by atoms with Crippen molar-refractivity contribution in [1.82, 2.24) is 5.43 Å². The van der Waals surface area contributed by atoms with Gasteiger partial charge < -0.3 is 10.2 Å². The van der Waals surface area contributed by atoms with Gasteiger partial charge in [0.2, 0.25) is 0 Å². The summed E-state index contributed by atoms with van der Waals surface area (Å²) in [7, 11) is 0. The minimum absolute atomic E-state index is 0.0401. The number of aliphatic hydroxyl groups excluding tert-OH is 1. The third kappa shape index (κ3) is 5.28. The fraction of sp³-hybridized carbons (Fsp3) is 0.125. The smallest absolute Gasteiger partial charge is 0.283 e. The maximum atomic E-state index is 12.0. The maximum absolute atomic E-state index is 12.0. The predicted molar refractivity (Wildman–Crippen MR) is 102 cm³/mol. The second kappa shape index (κ2) is 9.32. The van der Waals surface area contributed by atoms with Crippen LogP contribution < -0.4 is 5.43 Å². The molecule has 2 aromatic carbocycles. The fourth-order valence-electron chi connectivity index (χ4n) is 1.95. The highest BCUT2D eigenvalue weighted by atomic mass is 79.9. The number of phenolic OH excluding ortho intramolecular Hbond substituents is 1. The van der Waals surface area contributed by atoms with Gasteiger partial charge in [-0.3, -0.25) is 14.9 Å². The van der Waals surface area contributed by atoms with Gasteiger partial charge in [0, 0.05) is 21.9 Å². The molecule has 2 aromatic rings. The van der Waals surface area contributed by atoms with Crippen molar-refractivity contribution >= 4 is 45.5 Å². The van der Waals surface area contributed by atoms with E-state index in [1.807, 2.05) is 0 Å². The molecule has 0 aliphatic rings. The van der Waals surface area contributed by atoms with E-state index in [0.29, 0.717) is 20.7 Å². The predicted octanol–water partition coefficient (Wildman–Crippen LogP) is 2.91. The normalized spacial score (nSPS) is 10.8. The van der Waals surface area contributed by atoms with Gasteiger partial charge in [-0.2, -0.15) is 5.10 Å². The van der Waals surface area contributed by atoms with E-state index >= 15 is 0 Å². The van der Waals surface area contributed by atoms with Gasteiger partial charge in [-0.15, -0.1) is 11.8 Å². The third-order valence-corrected chi connectivity index (χ3v) is 4.65. The minimum Gasteiger partial charge on any atom is -0.507 e. The molecule has 26 heavy (non-hydrogen) atoms. The molecule has 1 amide bonds. The van der Waals surface area contributed by atoms with Crippen LogP contribution in [0.2, 0.25) is 0 Å². The van der Waals surface area contributed by atoms with Crippen LogP contribution in [-0.4, -0.2) is 39.6 Å². The average Bonchev–Trinajstić information content (AvgIpc) is 2.62. The first-order valence-electron chi connectivity index (χ1n) is 7.26. The van der Waals surface area contributed by atoms with Crippen molar-refractivity contribution in [2.24, 2.45) is 5.10 Å². The van der Waals surface area contributed by atoms with Crippen molar-refractivity contribution in [3.63, 3.8) is 0 Å². The van der Waals surface area contributed by atoms with Crippen LogP contribution in [-0.2, 0) is 0 Å². The summed E-state index contributed by atoms with van der Waals surface area (Å²) in [5, 5.41) is 33.4. The van der Waals surface area contributed by atoms with Gasteiger partial charge in [0.1, 0.15) is 5.75 Å². The molecule has 10 heteroatoms. The number of aliphatic hydroxyl groups is 1. The summed E-state index contributed by atoms with van der Waals surface area (Å²) < 4.78 is 0.621. The van der Waals surface area contributed by atoms with E-state index in [0.717, 1.165) is 0 Å². The number of aromatic hydroxyl groups is 1. The summed E-state index contributed by atoms with van der Waals surface area (Å²) in [4.78, 5) is 23.1. The molecule has 3 N–H and O–H groups in total. The lowest BCUT2D eigenvalue weighted by atomic mass is 10.2. The lowest BCUT2D eigenvalue weighted by molar-refractivity contribution is -0.387. The molecule has 0 unspecified atom stereocenters. The first-order valence-corrected chi connectivity index (χ1v) is 9.04. The zero-order valence-electron chi connectivity index (χ0n) is 13.3. The Labute approximate surface area is 161 Å². The Hall–Kier alpha value is -2.43. The zero-order valence-corrected chi connectivity index (χ0v) is 15.7. The largest absolute Gasteiger partial charge is 0.507 e. The van der Waals surface area contributed by atoms with Gasteiger partial charge in [0.05, 0.1) is 28.2 Å². The number of benzene rings is 2. The van der Waals surface area contributed by atoms with Crippen molar-refractivity contribution in [1.29, 1.82) is 0 Å². The molecule has 0 saturated carbocycles. The van der Waals surface area contributed by atoms with E-state index in [2.05, 4.69) is 26.5 Å². The second-order valence-corrected chi connectivity index (χ2v) is 6.97. The molecule has 8 nitrogen and oxygen atoms in total. The summed E-state index contributed by atoms with van der Waals surface area (Å²) >= 11 is 4.38. The molecule has 0 spiro atoms. The topological polar surface area (TPSA) is 125 Å². The number of nitrogens with zero attached hydrogens (tertiary/aromatic N) is 2. The van der Waals surface area contributed by atoms with Crippen LogP contribution >= 0.6 is 27.7 Å². The number of amides is 1. The molecule has 0 fully saturated rings. The van der Waals surface area contributed by atoms with Crippen LogP contribution in [0.4, 0.5) is 5.69 Å². The molecular formula is C16H14BrN3O5S. The summed E-state index contributed by atoms with van der Waals surface area (Å²) in [6.07, 6.45) is 1.26. The number of hydrogen-bond donors (Lipinski definition) is 3. The Morgan fingerprint density at radius 3 is 2.81 bits per heavy atom. The third-order valence-electron chi connectivity index (χ3n) is 3.11. The van der Waals surface area contributed by atoms with E-state index < -0.39 is 10.8 Å². The first-order chi connectivity index (χ1) is 12.4. The number of hydrogen-bond acceptors (Lipinski definition) is 7. The number of rotatable bonds is 7. The maximum Gasteiger partial charge on any atom is 0.283 e. The molecule has 0 radical (unpaired) electrons. The van der Waals surface area contributed by atoms with Crippen molar-refractivity contribution in [3.8, 4) is 5.75 Å². The van der Waals surface area contributed by atoms with Gasteiger partial charge in [0.15, 0.2) is 0 Å². The summed E-state index contributed by atoms with van der Waals surface area (Å²) in [5.74, 6) is -0.466. The van der Waals surface area contributed by atoms with Gasteiger partial charge in [-0.25, -0.2) is 5.43 Å². The van der Waals surface area contributed by atoms with E-state index in [1.54, 1.807) is 18.2 Å². The molecule has 0 heterocycles. The number of nitrogens with one attached hydrogen (secondary N) is 1. The number of carbonyl (C=O) groups is 1. The molecule has 0 aliphatic heterocycles. The van der Waals surface area contributed by atoms with Crippen molar-refractivity contribution in [3.05, 3.63) is 62.1 Å².